The molecule has 1 fully saturated rings. The van der Waals surface area contributed by atoms with Crippen molar-refractivity contribution in [2.75, 3.05) is 38.2 Å². The number of anilines is 1. The first-order valence-electron chi connectivity index (χ1n) is 12.0. The van der Waals surface area contributed by atoms with Crippen molar-refractivity contribution < 1.29 is 9.13 Å². The number of nitrogens with zero attached hydrogens (tertiary/aromatic N) is 7. The van der Waals surface area contributed by atoms with Crippen molar-refractivity contribution in [2.24, 2.45) is 0 Å². The Hall–Kier alpha value is -3.59. The Bertz CT molecular complexity index is 1300. The van der Waals surface area contributed by atoms with Crippen LogP contribution in [0, 0.1) is 5.82 Å². The van der Waals surface area contributed by atoms with Crippen molar-refractivity contribution in [3.63, 3.8) is 0 Å². The van der Waals surface area contributed by atoms with Gasteiger partial charge in [0.25, 0.3) is 0 Å². The lowest BCUT2D eigenvalue weighted by Gasteiger charge is -2.36. The maximum atomic E-state index is 14.4. The highest BCUT2D eigenvalue weighted by Crippen LogP contribution is 2.27. The van der Waals surface area contributed by atoms with Gasteiger partial charge in [0, 0.05) is 67.0 Å². The second-order valence-corrected chi connectivity index (χ2v) is 9.07. The maximum absolute atomic E-state index is 14.4. The molecule has 4 aromatic rings. The lowest BCUT2D eigenvalue weighted by Crippen LogP contribution is -2.49. The van der Waals surface area contributed by atoms with Crippen LogP contribution >= 0.6 is 0 Å². The Morgan fingerprint density at radius 3 is 2.49 bits per heavy atom. The zero-order valence-electron chi connectivity index (χ0n) is 20.4. The van der Waals surface area contributed by atoms with Crippen molar-refractivity contribution in [3.05, 3.63) is 66.1 Å². The normalized spacial score (nSPS) is 14.7. The highest BCUT2D eigenvalue weighted by atomic mass is 19.1. The van der Waals surface area contributed by atoms with E-state index in [4.69, 9.17) is 4.74 Å². The zero-order valence-corrected chi connectivity index (χ0v) is 20.4. The van der Waals surface area contributed by atoms with Crippen molar-refractivity contribution >= 4 is 11.6 Å². The summed E-state index contributed by atoms with van der Waals surface area (Å²) in [7, 11) is 1.56. The molecule has 8 nitrogen and oxygen atoms in total. The number of aromatic nitrogens is 5. The zero-order chi connectivity index (χ0) is 24.4. The molecule has 0 aliphatic carbocycles. The van der Waals surface area contributed by atoms with E-state index in [0.29, 0.717) is 30.2 Å². The van der Waals surface area contributed by atoms with Crippen molar-refractivity contribution in [3.8, 4) is 16.9 Å². The van der Waals surface area contributed by atoms with E-state index in [2.05, 4.69) is 43.8 Å². The van der Waals surface area contributed by atoms with Gasteiger partial charge in [0.2, 0.25) is 5.95 Å². The van der Waals surface area contributed by atoms with Crippen LogP contribution in [0.1, 0.15) is 25.1 Å². The van der Waals surface area contributed by atoms with Gasteiger partial charge in [0.1, 0.15) is 17.9 Å². The summed E-state index contributed by atoms with van der Waals surface area (Å²) < 4.78 is 21.7. The number of hydrogen-bond donors (Lipinski definition) is 0. The van der Waals surface area contributed by atoms with E-state index in [-0.39, 0.29) is 5.82 Å². The SMILES string of the molecule is COc1cccc(F)c1CCc1ccc(-c2cnc(N3CCN(C(C)C)CC3)nc2)c2nncn12. The monoisotopic (exact) mass is 475 g/mol. The average molecular weight is 476 g/mol. The van der Waals surface area contributed by atoms with E-state index in [9.17, 15) is 4.39 Å². The van der Waals surface area contributed by atoms with E-state index in [1.54, 1.807) is 25.6 Å². The highest BCUT2D eigenvalue weighted by Gasteiger charge is 2.21. The number of fused-ring (bicyclic) bond motifs is 1. The van der Waals surface area contributed by atoms with E-state index in [1.165, 1.54) is 6.07 Å². The summed E-state index contributed by atoms with van der Waals surface area (Å²) in [4.78, 5) is 14.0. The standard InChI is InChI=1S/C26H30FN7O/c1-18(2)32-11-13-33(14-12-32)26-28-15-19(16-29-26)21-9-7-20(34-17-30-31-25(21)34)8-10-22-23(27)5-4-6-24(22)35-3/h4-7,9,15-18H,8,10-14H2,1-3H3. The number of rotatable bonds is 7. The lowest BCUT2D eigenvalue weighted by molar-refractivity contribution is 0.208. The fourth-order valence-electron chi connectivity index (χ4n) is 4.68. The van der Waals surface area contributed by atoms with Gasteiger partial charge in [-0.25, -0.2) is 14.4 Å². The van der Waals surface area contributed by atoms with E-state index >= 15 is 0 Å². The van der Waals surface area contributed by atoms with Crippen LogP contribution in [-0.2, 0) is 12.8 Å². The van der Waals surface area contributed by atoms with Crippen molar-refractivity contribution in [1.29, 1.82) is 0 Å². The quantitative estimate of drug-likeness (QED) is 0.404. The maximum Gasteiger partial charge on any atom is 0.225 e. The van der Waals surface area contributed by atoms with Crippen LogP contribution in [0.5, 0.6) is 5.75 Å². The molecule has 5 rings (SSSR count). The van der Waals surface area contributed by atoms with Crippen LogP contribution in [0.3, 0.4) is 0 Å². The Balaban J connectivity index is 1.34. The molecule has 1 aliphatic heterocycles. The molecule has 1 aliphatic rings. The molecule has 3 aromatic heterocycles. The Morgan fingerprint density at radius 2 is 1.77 bits per heavy atom. The molecule has 9 heteroatoms. The molecule has 0 radical (unpaired) electrons. The number of pyridine rings is 1. The van der Waals surface area contributed by atoms with Gasteiger partial charge in [-0.3, -0.25) is 9.30 Å². The van der Waals surface area contributed by atoms with Crippen LogP contribution in [0.2, 0.25) is 0 Å². The van der Waals surface area contributed by atoms with Gasteiger partial charge in [-0.2, -0.15) is 0 Å². The van der Waals surface area contributed by atoms with Crippen LogP contribution < -0.4 is 9.64 Å². The summed E-state index contributed by atoms with van der Waals surface area (Å²) in [5.74, 6) is 1.05. The Morgan fingerprint density at radius 1 is 1.00 bits per heavy atom. The predicted octanol–water partition coefficient (Wildman–Crippen LogP) is 3.65. The minimum absolute atomic E-state index is 0.260. The summed E-state index contributed by atoms with van der Waals surface area (Å²) in [6.07, 6.45) is 6.51. The van der Waals surface area contributed by atoms with E-state index in [0.717, 1.165) is 54.6 Å². The van der Waals surface area contributed by atoms with Gasteiger partial charge in [0.15, 0.2) is 5.65 Å². The fraction of sp³-hybridized carbons (Fsp3) is 0.385. The number of methoxy groups -OCH3 is 1. The number of piperazine rings is 1. The topological polar surface area (TPSA) is 71.7 Å². The van der Waals surface area contributed by atoms with Crippen LogP contribution in [0.15, 0.2) is 49.1 Å². The Labute approximate surface area is 204 Å². The molecule has 0 unspecified atom stereocenters. The molecular formula is C26H30FN7O. The summed E-state index contributed by atoms with van der Waals surface area (Å²) >= 11 is 0. The number of halogens is 1. The Kier molecular flexibility index (Phi) is 6.59. The van der Waals surface area contributed by atoms with Gasteiger partial charge in [-0.15, -0.1) is 10.2 Å². The number of hydrogen-bond acceptors (Lipinski definition) is 7. The largest absolute Gasteiger partial charge is 0.496 e. The first-order chi connectivity index (χ1) is 17.0. The minimum atomic E-state index is -0.260. The summed E-state index contributed by atoms with van der Waals surface area (Å²) in [5.41, 5.74) is 4.07. The van der Waals surface area contributed by atoms with E-state index < -0.39 is 0 Å². The first-order valence-corrected chi connectivity index (χ1v) is 12.0. The first kappa shape index (κ1) is 23.2. The molecule has 35 heavy (non-hydrogen) atoms. The number of benzene rings is 1. The molecule has 0 amide bonds. The van der Waals surface area contributed by atoms with Gasteiger partial charge >= 0.3 is 0 Å². The fourth-order valence-corrected chi connectivity index (χ4v) is 4.68. The average Bonchev–Trinajstić information content (AvgIpc) is 3.38. The third-order valence-corrected chi connectivity index (χ3v) is 6.74. The molecule has 182 valence electrons. The molecule has 0 spiro atoms. The highest BCUT2D eigenvalue weighted by molar-refractivity contribution is 5.76. The number of aryl methyl sites for hydroxylation is 1. The van der Waals surface area contributed by atoms with Crippen LogP contribution in [0.25, 0.3) is 16.8 Å². The van der Waals surface area contributed by atoms with Gasteiger partial charge < -0.3 is 9.64 Å². The van der Waals surface area contributed by atoms with Crippen LogP contribution in [-0.4, -0.2) is 68.8 Å². The smallest absolute Gasteiger partial charge is 0.225 e. The van der Waals surface area contributed by atoms with Gasteiger partial charge in [0.05, 0.1) is 7.11 Å². The summed E-state index contributed by atoms with van der Waals surface area (Å²) in [6.45, 7) is 8.34. The third kappa shape index (κ3) is 4.68. The molecule has 0 saturated carbocycles. The van der Waals surface area contributed by atoms with Gasteiger partial charge in [-0.1, -0.05) is 6.07 Å². The molecule has 0 bridgehead atoms. The van der Waals surface area contributed by atoms with E-state index in [1.807, 2.05) is 28.9 Å². The molecule has 1 aromatic carbocycles. The predicted molar refractivity (Wildman–Crippen MR) is 133 cm³/mol. The number of ether oxygens (including phenoxy) is 1. The summed E-state index contributed by atoms with van der Waals surface area (Å²) in [6, 6.07) is 9.49. The van der Waals surface area contributed by atoms with Gasteiger partial charge in [-0.05, 0) is 51.0 Å². The lowest BCUT2D eigenvalue weighted by atomic mass is 10.0. The van der Waals surface area contributed by atoms with Crippen molar-refractivity contribution in [2.45, 2.75) is 32.7 Å². The molecule has 0 atom stereocenters. The summed E-state index contributed by atoms with van der Waals surface area (Å²) in [5, 5.41) is 8.47. The molecular weight excluding hydrogens is 445 g/mol. The molecule has 4 heterocycles. The van der Waals surface area contributed by atoms with Crippen molar-refractivity contribution in [1.82, 2.24) is 29.5 Å². The van der Waals surface area contributed by atoms with Crippen LogP contribution in [0.4, 0.5) is 10.3 Å². The minimum Gasteiger partial charge on any atom is -0.496 e. The molecule has 0 N–H and O–H groups in total. The second kappa shape index (κ2) is 9.95. The molecule has 1 saturated heterocycles. The second-order valence-electron chi connectivity index (χ2n) is 9.07. The third-order valence-electron chi connectivity index (χ3n) is 6.74.